The maximum atomic E-state index is 10.8. The molecule has 0 saturated heterocycles. The molecule has 0 fully saturated rings. The number of nitrogens with zero attached hydrogens (tertiary/aromatic N) is 3. The van der Waals surface area contributed by atoms with Crippen LogP contribution in [-0.4, -0.2) is 40.5 Å². The maximum absolute atomic E-state index is 10.8. The predicted octanol–water partition coefficient (Wildman–Crippen LogP) is 1.83. The number of hydrazone groups is 1. The lowest BCUT2D eigenvalue weighted by Crippen LogP contribution is -2.25. The van der Waals surface area contributed by atoms with Gasteiger partial charge in [-0.25, -0.2) is 0 Å². The molecule has 1 unspecified atom stereocenters. The Labute approximate surface area is 122 Å². The number of rotatable bonds is 7. The molecule has 0 saturated carbocycles. The standard InChI is InChI=1S/C12H17ClN4O3/c1-8(2)14-15-11-4-5-12(17-16-11)19-7-10(6-13)20-9(3)18/h4-5,10H,6-7H2,1-3H3,(H,15,16). The predicted molar refractivity (Wildman–Crippen MR) is 76.2 cm³/mol. The van der Waals surface area contributed by atoms with Crippen molar-refractivity contribution in [2.45, 2.75) is 26.9 Å². The highest BCUT2D eigenvalue weighted by atomic mass is 35.5. The van der Waals surface area contributed by atoms with Gasteiger partial charge >= 0.3 is 5.97 Å². The first-order valence-electron chi connectivity index (χ1n) is 5.98. The molecule has 0 radical (unpaired) electrons. The number of ether oxygens (including phenoxy) is 2. The van der Waals surface area contributed by atoms with Crippen LogP contribution < -0.4 is 10.2 Å². The molecule has 1 aromatic rings. The average Bonchev–Trinajstić information content (AvgIpc) is 2.41. The summed E-state index contributed by atoms with van der Waals surface area (Å²) in [6.45, 7) is 5.16. The first-order chi connectivity index (χ1) is 9.51. The molecule has 1 atom stereocenters. The molecule has 0 spiro atoms. The number of anilines is 1. The highest BCUT2D eigenvalue weighted by Crippen LogP contribution is 2.09. The summed E-state index contributed by atoms with van der Waals surface area (Å²) in [5, 5.41) is 11.7. The first kappa shape index (κ1) is 16.2. The molecule has 0 aliphatic rings. The Kier molecular flexibility index (Phi) is 6.72. The summed E-state index contributed by atoms with van der Waals surface area (Å²) in [5.74, 6) is 0.567. The van der Waals surface area contributed by atoms with Crippen molar-refractivity contribution in [3.8, 4) is 5.88 Å². The molecule has 1 heterocycles. The Balaban J connectivity index is 2.48. The Bertz CT molecular complexity index is 460. The molecule has 0 amide bonds. The van der Waals surface area contributed by atoms with Gasteiger partial charge in [0.05, 0.1) is 5.88 Å². The second kappa shape index (κ2) is 8.31. The van der Waals surface area contributed by atoms with E-state index in [2.05, 4.69) is 20.7 Å². The summed E-state index contributed by atoms with van der Waals surface area (Å²) < 4.78 is 10.3. The molecule has 1 rings (SSSR count). The van der Waals surface area contributed by atoms with Gasteiger partial charge in [-0.3, -0.25) is 10.2 Å². The van der Waals surface area contributed by atoms with E-state index in [0.717, 1.165) is 5.71 Å². The summed E-state index contributed by atoms with van der Waals surface area (Å²) in [6.07, 6.45) is -0.513. The van der Waals surface area contributed by atoms with E-state index in [9.17, 15) is 4.79 Å². The summed E-state index contributed by atoms with van der Waals surface area (Å²) in [6, 6.07) is 3.31. The van der Waals surface area contributed by atoms with Crippen LogP contribution in [0.15, 0.2) is 17.2 Å². The van der Waals surface area contributed by atoms with Gasteiger partial charge < -0.3 is 9.47 Å². The van der Waals surface area contributed by atoms with Crippen molar-refractivity contribution in [3.63, 3.8) is 0 Å². The van der Waals surface area contributed by atoms with Crippen LogP contribution in [0.1, 0.15) is 20.8 Å². The number of hydrogen-bond donors (Lipinski definition) is 1. The molecule has 1 aromatic heterocycles. The minimum absolute atomic E-state index is 0.122. The smallest absolute Gasteiger partial charge is 0.303 e. The van der Waals surface area contributed by atoms with Gasteiger partial charge in [0.15, 0.2) is 5.82 Å². The lowest BCUT2D eigenvalue weighted by Gasteiger charge is -2.14. The topological polar surface area (TPSA) is 85.7 Å². The molecule has 0 bridgehead atoms. The van der Waals surface area contributed by atoms with Gasteiger partial charge in [-0.05, 0) is 19.9 Å². The van der Waals surface area contributed by atoms with E-state index in [1.54, 1.807) is 12.1 Å². The van der Waals surface area contributed by atoms with Crippen molar-refractivity contribution in [2.24, 2.45) is 5.10 Å². The van der Waals surface area contributed by atoms with Crippen molar-refractivity contribution in [3.05, 3.63) is 12.1 Å². The van der Waals surface area contributed by atoms with Crippen LogP contribution in [0.4, 0.5) is 5.82 Å². The summed E-state index contributed by atoms with van der Waals surface area (Å²) in [5.41, 5.74) is 3.62. The number of esters is 1. The second-order valence-corrected chi connectivity index (χ2v) is 4.43. The van der Waals surface area contributed by atoms with E-state index < -0.39 is 12.1 Å². The third-order valence-electron chi connectivity index (χ3n) is 1.96. The Morgan fingerprint density at radius 2 is 2.15 bits per heavy atom. The summed E-state index contributed by atoms with van der Waals surface area (Å²) >= 11 is 5.66. The largest absolute Gasteiger partial charge is 0.473 e. The molecule has 0 aliphatic heterocycles. The van der Waals surface area contributed by atoms with Crippen molar-refractivity contribution >= 4 is 29.1 Å². The molecule has 0 aromatic carbocycles. The van der Waals surface area contributed by atoms with Crippen molar-refractivity contribution < 1.29 is 14.3 Å². The van der Waals surface area contributed by atoms with E-state index in [1.165, 1.54) is 6.92 Å². The van der Waals surface area contributed by atoms with Crippen LogP contribution in [0, 0.1) is 0 Å². The number of carbonyl (C=O) groups is 1. The zero-order valence-electron chi connectivity index (χ0n) is 11.6. The molecule has 1 N–H and O–H groups in total. The monoisotopic (exact) mass is 300 g/mol. The fourth-order valence-corrected chi connectivity index (χ4v) is 1.30. The Morgan fingerprint density at radius 1 is 1.40 bits per heavy atom. The van der Waals surface area contributed by atoms with Gasteiger partial charge in [-0.15, -0.1) is 21.8 Å². The van der Waals surface area contributed by atoms with E-state index in [1.807, 2.05) is 13.8 Å². The SMILES string of the molecule is CC(=O)OC(CCl)COc1ccc(NN=C(C)C)nn1. The minimum atomic E-state index is -0.513. The van der Waals surface area contributed by atoms with Crippen LogP contribution >= 0.6 is 11.6 Å². The van der Waals surface area contributed by atoms with Gasteiger partial charge in [-0.1, -0.05) is 0 Å². The molecule has 110 valence electrons. The number of halogens is 1. The molecule has 8 heteroatoms. The highest BCUT2D eigenvalue weighted by Gasteiger charge is 2.12. The van der Waals surface area contributed by atoms with Crippen molar-refractivity contribution in [1.82, 2.24) is 10.2 Å². The van der Waals surface area contributed by atoms with Crippen molar-refractivity contribution in [2.75, 3.05) is 17.9 Å². The zero-order valence-corrected chi connectivity index (χ0v) is 12.3. The van der Waals surface area contributed by atoms with Gasteiger partial charge in [0.25, 0.3) is 0 Å². The van der Waals surface area contributed by atoms with Crippen LogP contribution in [0.25, 0.3) is 0 Å². The van der Waals surface area contributed by atoms with Crippen molar-refractivity contribution in [1.29, 1.82) is 0 Å². The maximum Gasteiger partial charge on any atom is 0.303 e. The van der Waals surface area contributed by atoms with Crippen LogP contribution in [-0.2, 0) is 9.53 Å². The summed E-state index contributed by atoms with van der Waals surface area (Å²) in [4.78, 5) is 10.8. The van der Waals surface area contributed by atoms with E-state index >= 15 is 0 Å². The Hall–Kier alpha value is -1.89. The fraction of sp³-hybridized carbons (Fsp3) is 0.500. The van der Waals surface area contributed by atoms with E-state index in [4.69, 9.17) is 21.1 Å². The normalized spacial score (nSPS) is 11.4. The van der Waals surface area contributed by atoms with E-state index in [0.29, 0.717) is 11.7 Å². The quantitative estimate of drug-likeness (QED) is 0.358. The van der Waals surface area contributed by atoms with Gasteiger partial charge in [0.2, 0.25) is 5.88 Å². The number of carbonyl (C=O) groups excluding carboxylic acids is 1. The Morgan fingerprint density at radius 3 is 2.65 bits per heavy atom. The molecular weight excluding hydrogens is 284 g/mol. The number of hydrogen-bond acceptors (Lipinski definition) is 7. The van der Waals surface area contributed by atoms with Gasteiger partial charge in [-0.2, -0.15) is 5.10 Å². The van der Waals surface area contributed by atoms with Gasteiger partial charge in [0.1, 0.15) is 12.7 Å². The minimum Gasteiger partial charge on any atom is -0.473 e. The fourth-order valence-electron chi connectivity index (χ4n) is 1.15. The lowest BCUT2D eigenvalue weighted by molar-refractivity contribution is -0.146. The average molecular weight is 301 g/mol. The number of alkyl halides is 1. The van der Waals surface area contributed by atoms with Gasteiger partial charge in [0, 0.05) is 18.7 Å². The van der Waals surface area contributed by atoms with Crippen LogP contribution in [0.3, 0.4) is 0 Å². The van der Waals surface area contributed by atoms with Crippen LogP contribution in [0.2, 0.25) is 0 Å². The molecular formula is C12H17ClN4O3. The third kappa shape index (κ3) is 6.33. The number of nitrogens with one attached hydrogen (secondary N) is 1. The van der Waals surface area contributed by atoms with Crippen LogP contribution in [0.5, 0.6) is 5.88 Å². The lowest BCUT2D eigenvalue weighted by atomic mass is 10.4. The first-order valence-corrected chi connectivity index (χ1v) is 6.51. The second-order valence-electron chi connectivity index (χ2n) is 4.12. The molecule has 20 heavy (non-hydrogen) atoms. The van der Waals surface area contributed by atoms with E-state index in [-0.39, 0.29) is 12.5 Å². The highest BCUT2D eigenvalue weighted by molar-refractivity contribution is 6.18. The molecule has 0 aliphatic carbocycles. The summed E-state index contributed by atoms with van der Waals surface area (Å²) in [7, 11) is 0. The zero-order chi connectivity index (χ0) is 15.0. The molecule has 7 nitrogen and oxygen atoms in total. The number of aromatic nitrogens is 2. The third-order valence-corrected chi connectivity index (χ3v) is 2.30.